The number of thiophene rings is 1. The van der Waals surface area contributed by atoms with E-state index in [4.69, 9.17) is 9.47 Å². The van der Waals surface area contributed by atoms with Crippen LogP contribution < -0.4 is 0 Å². The molecular formula is C24H21N3O5S. The maximum absolute atomic E-state index is 12.5. The van der Waals surface area contributed by atoms with Crippen molar-refractivity contribution in [2.24, 2.45) is 4.99 Å². The average molecular weight is 464 g/mol. The van der Waals surface area contributed by atoms with Crippen LogP contribution in [0.15, 0.2) is 75.4 Å². The number of hydrogen-bond acceptors (Lipinski definition) is 8. The number of carbonyl (C=O) groups excluding carboxylic acids is 1. The van der Waals surface area contributed by atoms with E-state index in [-0.39, 0.29) is 16.3 Å². The van der Waals surface area contributed by atoms with Crippen LogP contribution in [0.3, 0.4) is 0 Å². The lowest BCUT2D eigenvalue weighted by Crippen LogP contribution is -2.36. The third-order valence-electron chi connectivity index (χ3n) is 5.68. The van der Waals surface area contributed by atoms with E-state index >= 15 is 0 Å². The second kappa shape index (κ2) is 9.13. The van der Waals surface area contributed by atoms with Gasteiger partial charge in [-0.2, -0.15) is 0 Å². The van der Waals surface area contributed by atoms with Gasteiger partial charge in [0.15, 0.2) is 5.70 Å². The lowest BCUT2D eigenvalue weighted by molar-refractivity contribution is -0.384. The first-order valence-electron chi connectivity index (χ1n) is 10.7. The number of esters is 1. The minimum atomic E-state index is -0.455. The Morgan fingerprint density at radius 2 is 1.97 bits per heavy atom. The van der Waals surface area contributed by atoms with E-state index in [0.717, 1.165) is 53.2 Å². The highest BCUT2D eigenvalue weighted by atomic mass is 32.1. The zero-order chi connectivity index (χ0) is 22.8. The number of aliphatic imine (C=N–C) groups is 1. The minimum absolute atomic E-state index is 0.0609. The normalized spacial score (nSPS) is 21.2. The van der Waals surface area contributed by atoms with Gasteiger partial charge in [0.25, 0.3) is 5.69 Å². The number of nitrogens with zero attached hydrogens (tertiary/aromatic N) is 3. The third kappa shape index (κ3) is 4.50. The Morgan fingerprint density at radius 1 is 1.12 bits per heavy atom. The zero-order valence-corrected chi connectivity index (χ0v) is 18.5. The standard InChI is InChI=1S/C24H21N3O5S/c28-24-20(25-23(32-24)21-5-2-12-33-21)15-18-7-6-17(22(18)26-8-10-31-11-9-26)13-16-3-1-4-19(14-16)27(29)30/h1-5,12-15H,6-11H2/b17-13+,20-15-. The first kappa shape index (κ1) is 21.3. The SMILES string of the molecule is O=C1OC(c2cccs2)=N/C1=C\C1=C(N2CCOCC2)C(=C/c2cccc([N+](=O)[O-])c2)/CC1. The van der Waals surface area contributed by atoms with E-state index in [1.54, 1.807) is 12.1 Å². The second-order valence-corrected chi connectivity index (χ2v) is 8.76. The van der Waals surface area contributed by atoms with Gasteiger partial charge in [0.2, 0.25) is 5.90 Å². The van der Waals surface area contributed by atoms with Gasteiger partial charge in [-0.3, -0.25) is 10.1 Å². The number of nitro groups is 1. The summed E-state index contributed by atoms with van der Waals surface area (Å²) in [6.45, 7) is 2.73. The summed E-state index contributed by atoms with van der Waals surface area (Å²) in [4.78, 5) is 30.8. The number of ether oxygens (including phenoxy) is 2. The van der Waals surface area contributed by atoms with Crippen molar-refractivity contribution in [1.29, 1.82) is 0 Å². The quantitative estimate of drug-likeness (QED) is 0.284. The molecule has 0 N–H and O–H groups in total. The van der Waals surface area contributed by atoms with Gasteiger partial charge in [-0.1, -0.05) is 18.2 Å². The summed E-state index contributed by atoms with van der Waals surface area (Å²) in [7, 11) is 0. The summed E-state index contributed by atoms with van der Waals surface area (Å²) in [5, 5.41) is 13.1. The van der Waals surface area contributed by atoms with E-state index in [0.29, 0.717) is 19.1 Å². The number of nitro benzene ring substituents is 1. The van der Waals surface area contributed by atoms with Crippen molar-refractivity contribution in [3.8, 4) is 0 Å². The highest BCUT2D eigenvalue weighted by Crippen LogP contribution is 2.37. The predicted octanol–water partition coefficient (Wildman–Crippen LogP) is 4.31. The molecule has 168 valence electrons. The molecule has 0 radical (unpaired) electrons. The molecule has 0 amide bonds. The molecule has 3 aliphatic rings. The molecule has 9 heteroatoms. The summed E-state index contributed by atoms with van der Waals surface area (Å²) >= 11 is 1.47. The van der Waals surface area contributed by atoms with E-state index < -0.39 is 5.97 Å². The Hall–Kier alpha value is -3.56. The van der Waals surface area contributed by atoms with E-state index in [1.165, 1.54) is 17.4 Å². The lowest BCUT2D eigenvalue weighted by atomic mass is 10.1. The van der Waals surface area contributed by atoms with E-state index in [2.05, 4.69) is 9.89 Å². The lowest BCUT2D eigenvalue weighted by Gasteiger charge is -2.31. The molecule has 1 saturated heterocycles. The van der Waals surface area contributed by atoms with Gasteiger partial charge in [-0.25, -0.2) is 9.79 Å². The zero-order valence-electron chi connectivity index (χ0n) is 17.7. The number of morpholine rings is 1. The van der Waals surface area contributed by atoms with Crippen LogP contribution in [-0.2, 0) is 14.3 Å². The highest BCUT2D eigenvalue weighted by molar-refractivity contribution is 7.12. The van der Waals surface area contributed by atoms with Gasteiger partial charge in [0.05, 0.1) is 23.0 Å². The van der Waals surface area contributed by atoms with Crippen LogP contribution in [0, 0.1) is 10.1 Å². The molecule has 1 aromatic heterocycles. The summed E-state index contributed by atoms with van der Waals surface area (Å²) in [6.07, 6.45) is 5.33. The van der Waals surface area contributed by atoms with Crippen molar-refractivity contribution in [3.63, 3.8) is 0 Å². The molecular weight excluding hydrogens is 442 g/mol. The monoisotopic (exact) mass is 463 g/mol. The van der Waals surface area contributed by atoms with Crippen LogP contribution in [0.5, 0.6) is 0 Å². The molecule has 0 saturated carbocycles. The number of benzene rings is 1. The fourth-order valence-electron chi connectivity index (χ4n) is 4.20. The van der Waals surface area contributed by atoms with Crippen LogP contribution in [0.1, 0.15) is 23.3 Å². The van der Waals surface area contributed by atoms with Gasteiger partial charge in [0, 0.05) is 30.9 Å². The van der Waals surface area contributed by atoms with Crippen molar-refractivity contribution in [1.82, 2.24) is 4.90 Å². The number of non-ortho nitro benzene ring substituents is 1. The van der Waals surface area contributed by atoms with Crippen molar-refractivity contribution in [2.45, 2.75) is 12.8 Å². The van der Waals surface area contributed by atoms with Crippen molar-refractivity contribution < 1.29 is 19.2 Å². The summed E-state index contributed by atoms with van der Waals surface area (Å²) < 4.78 is 10.9. The Labute approximate surface area is 194 Å². The Morgan fingerprint density at radius 3 is 2.73 bits per heavy atom. The molecule has 3 heterocycles. The van der Waals surface area contributed by atoms with Crippen LogP contribution in [0.4, 0.5) is 5.69 Å². The van der Waals surface area contributed by atoms with Crippen LogP contribution in [0.2, 0.25) is 0 Å². The number of allylic oxidation sites excluding steroid dienone is 3. The predicted molar refractivity (Wildman–Crippen MR) is 125 cm³/mol. The number of cyclic esters (lactones) is 1. The Bertz CT molecular complexity index is 1220. The van der Waals surface area contributed by atoms with Gasteiger partial charge in [0.1, 0.15) is 0 Å². The Balaban J connectivity index is 1.54. The topological polar surface area (TPSA) is 94.3 Å². The number of rotatable bonds is 5. The second-order valence-electron chi connectivity index (χ2n) is 7.81. The molecule has 5 rings (SSSR count). The largest absolute Gasteiger partial charge is 0.401 e. The molecule has 0 bridgehead atoms. The van der Waals surface area contributed by atoms with Crippen molar-refractivity contribution in [2.75, 3.05) is 26.3 Å². The first-order valence-corrected chi connectivity index (χ1v) is 11.5. The maximum atomic E-state index is 12.5. The molecule has 33 heavy (non-hydrogen) atoms. The van der Waals surface area contributed by atoms with Crippen molar-refractivity contribution >= 4 is 35.0 Å². The minimum Gasteiger partial charge on any atom is -0.401 e. The number of carbonyl (C=O) groups is 1. The van der Waals surface area contributed by atoms with Gasteiger partial charge in [-0.15, -0.1) is 11.3 Å². The van der Waals surface area contributed by atoms with E-state index in [9.17, 15) is 14.9 Å². The molecule has 1 aromatic carbocycles. The third-order valence-corrected chi connectivity index (χ3v) is 6.54. The molecule has 2 aliphatic heterocycles. The first-order chi connectivity index (χ1) is 16.1. The summed E-state index contributed by atoms with van der Waals surface area (Å²) in [5.74, 6) is -0.122. The van der Waals surface area contributed by atoms with Gasteiger partial charge < -0.3 is 14.4 Å². The van der Waals surface area contributed by atoms with Gasteiger partial charge >= 0.3 is 5.97 Å². The van der Waals surface area contributed by atoms with Crippen LogP contribution in [0.25, 0.3) is 6.08 Å². The fourth-order valence-corrected chi connectivity index (χ4v) is 4.84. The summed E-state index contributed by atoms with van der Waals surface area (Å²) in [6, 6.07) is 10.4. The van der Waals surface area contributed by atoms with Crippen molar-refractivity contribution in [3.05, 3.63) is 90.9 Å². The molecule has 1 fully saturated rings. The molecule has 1 aliphatic carbocycles. The maximum Gasteiger partial charge on any atom is 0.363 e. The molecule has 0 spiro atoms. The van der Waals surface area contributed by atoms with E-state index in [1.807, 2.05) is 35.7 Å². The van der Waals surface area contributed by atoms with Crippen LogP contribution in [-0.4, -0.2) is 48.0 Å². The number of hydrogen-bond donors (Lipinski definition) is 0. The molecule has 8 nitrogen and oxygen atoms in total. The highest BCUT2D eigenvalue weighted by Gasteiger charge is 2.29. The molecule has 0 unspecified atom stereocenters. The smallest absolute Gasteiger partial charge is 0.363 e. The van der Waals surface area contributed by atoms with Gasteiger partial charge in [-0.05, 0) is 53.1 Å². The average Bonchev–Trinajstić information content (AvgIpc) is 3.56. The molecule has 2 aromatic rings. The summed E-state index contributed by atoms with van der Waals surface area (Å²) in [5.41, 5.74) is 4.26. The van der Waals surface area contributed by atoms with Crippen LogP contribution >= 0.6 is 11.3 Å². The molecule has 0 atom stereocenters. The Kier molecular flexibility index (Phi) is 5.89. The fraction of sp³-hybridized carbons (Fsp3) is 0.250.